The van der Waals surface area contributed by atoms with Crippen LogP contribution in [0.2, 0.25) is 0 Å². The van der Waals surface area contributed by atoms with Gasteiger partial charge in [0.05, 0.1) is 0 Å². The summed E-state index contributed by atoms with van der Waals surface area (Å²) in [5.74, 6) is 0. The minimum Gasteiger partial charge on any atom is -0.512 e. The summed E-state index contributed by atoms with van der Waals surface area (Å²) in [6.07, 6.45) is 0. The fourth-order valence-electron chi connectivity index (χ4n) is 0. The van der Waals surface area contributed by atoms with Crippen LogP contribution in [0.5, 0.6) is 0 Å². The van der Waals surface area contributed by atoms with Crippen LogP contribution in [0.15, 0.2) is 0 Å². The second kappa shape index (κ2) is 116. The summed E-state index contributed by atoms with van der Waals surface area (Å²) >= 11 is 0. The maximum absolute atomic E-state index is 6.25. The molecule has 0 saturated carbocycles. The molecule has 0 fully saturated rings. The molecule has 0 atom stereocenters. The van der Waals surface area contributed by atoms with Gasteiger partial charge in [-0.25, -0.2) is 0 Å². The molecule has 0 radical (unpaired) electrons. The van der Waals surface area contributed by atoms with Crippen LogP contribution in [0.25, 0.3) is 0 Å². The van der Waals surface area contributed by atoms with E-state index in [1.165, 1.54) is 0 Å². The molecule has 0 aromatic carbocycles. The summed E-state index contributed by atoms with van der Waals surface area (Å²) in [6.45, 7) is 33.2. The van der Waals surface area contributed by atoms with Gasteiger partial charge in [0.25, 0.3) is 0 Å². The number of hydrogen-bond donors (Lipinski definition) is 0. The van der Waals surface area contributed by atoms with Crippen molar-refractivity contribution in [3.8, 4) is 0 Å². The maximum atomic E-state index is 6.25. The third kappa shape index (κ3) is 94.2. The molecule has 0 unspecified atom stereocenters. The molecule has 7 nitrogen and oxygen atoms in total. The Labute approximate surface area is 100 Å². The average molecular weight is 238 g/mol. The first kappa shape index (κ1) is 91.8. The van der Waals surface area contributed by atoms with Gasteiger partial charge in [-0.1, -0.05) is 0 Å². The van der Waals surface area contributed by atoms with Crippen LogP contribution in [0.3, 0.4) is 0 Å². The zero-order valence-corrected chi connectivity index (χ0v) is 8.09. The predicted octanol–water partition coefficient (Wildman–Crippen LogP) is 0.672. The minimum absolute atomic E-state index is 0. The van der Waals surface area contributed by atoms with Crippen LogP contribution in [0.4, 0.5) is 0 Å². The van der Waals surface area contributed by atoms with Crippen LogP contribution < -0.4 is 0 Å². The molecule has 0 bridgehead atoms. The van der Waals surface area contributed by atoms with Crippen molar-refractivity contribution < 1.29 is 17.1 Å². The average Bonchev–Trinajstić information content (AvgIpc) is 2.45. The van der Waals surface area contributed by atoms with Crippen molar-refractivity contribution in [2.24, 2.45) is 0 Å². The van der Waals surface area contributed by atoms with Crippen molar-refractivity contribution in [3.63, 3.8) is 0 Å². The summed E-state index contributed by atoms with van der Waals surface area (Å²) < 4.78 is 0. The first-order valence-electron chi connectivity index (χ1n) is 1.57. The molecule has 78 valence electrons. The van der Waals surface area contributed by atoms with E-state index in [-0.39, 0.29) is 17.1 Å². The van der Waals surface area contributed by atoms with Gasteiger partial charge in [0.15, 0.2) is 0 Å². The van der Waals surface area contributed by atoms with E-state index in [1.54, 1.807) is 0 Å². The number of rotatable bonds is 0. The molecule has 0 aliphatic heterocycles. The quantitative estimate of drug-likeness (QED) is 0.441. The zero-order valence-electron chi connectivity index (χ0n) is 6.98. The van der Waals surface area contributed by atoms with E-state index >= 15 is 0 Å². The Morgan fingerprint density at radius 2 is 0.267 bits per heavy atom. The molecule has 0 heterocycles. The zero-order chi connectivity index (χ0) is 14.0. The monoisotopic (exact) mass is 238 g/mol. The van der Waals surface area contributed by atoms with Crippen molar-refractivity contribution in [1.82, 2.24) is 0 Å². The molecule has 0 aromatic heterocycles. The van der Waals surface area contributed by atoms with Gasteiger partial charge >= 0.3 is 0 Å². The molecular weight excluding hydrogens is 238 g/mol. The molecule has 0 aromatic rings. The third-order valence-electron chi connectivity index (χ3n) is 0. The molecule has 0 rings (SSSR count). The largest absolute Gasteiger partial charge is 0.512 e. The Balaban J connectivity index is -0.00000000628. The van der Waals surface area contributed by atoms with E-state index in [4.69, 9.17) is 82.8 Å². The molecule has 0 amide bonds. The van der Waals surface area contributed by atoms with Gasteiger partial charge in [0, 0.05) is 17.1 Å². The SMILES string of the molecule is [C-]#N.[C-]#N.[C-]#N.[C-]#N.[C-]#N.[C-]#N.[C-]#N.[Fe]. The molecule has 15 heavy (non-hydrogen) atoms. The fourth-order valence-corrected chi connectivity index (χ4v) is 0. The van der Waals surface area contributed by atoms with E-state index in [0.717, 1.165) is 0 Å². The number of nitrogens with zero attached hydrogens (tertiary/aromatic N) is 7. The van der Waals surface area contributed by atoms with E-state index in [0.29, 0.717) is 0 Å². The Morgan fingerprint density at radius 1 is 0.267 bits per heavy atom. The topological polar surface area (TPSA) is 167 Å². The Hall–Kier alpha value is -3.05. The van der Waals surface area contributed by atoms with E-state index in [9.17, 15) is 0 Å². The van der Waals surface area contributed by atoms with Gasteiger partial charge in [-0.2, -0.15) is 0 Å². The second-order valence-corrected chi connectivity index (χ2v) is 0. The van der Waals surface area contributed by atoms with Crippen molar-refractivity contribution in [1.29, 1.82) is 36.8 Å². The van der Waals surface area contributed by atoms with Crippen LogP contribution in [-0.4, -0.2) is 0 Å². The molecular formula is C7FeN7-7. The van der Waals surface area contributed by atoms with Gasteiger partial charge in [-0.15, -0.1) is 0 Å². The first-order valence-corrected chi connectivity index (χ1v) is 1.57. The van der Waals surface area contributed by atoms with E-state index in [1.807, 2.05) is 0 Å². The molecule has 8 heteroatoms. The Kier molecular flexibility index (Phi) is 713. The summed E-state index contributed by atoms with van der Waals surface area (Å²) in [5, 5.41) is 43.8. The molecule has 0 saturated heterocycles. The first-order chi connectivity index (χ1) is 7.00. The van der Waals surface area contributed by atoms with Gasteiger partial charge < -0.3 is 82.8 Å². The number of hydrogen-bond acceptors (Lipinski definition) is 7. The summed E-state index contributed by atoms with van der Waals surface area (Å²) in [7, 11) is 0. The minimum atomic E-state index is 0. The Morgan fingerprint density at radius 3 is 0.267 bits per heavy atom. The standard InChI is InChI=1S/7CN.Fe/c7*1-2;/q7*-1;. The second-order valence-electron chi connectivity index (χ2n) is 0. The summed E-state index contributed by atoms with van der Waals surface area (Å²) in [6, 6.07) is 0. The van der Waals surface area contributed by atoms with Crippen LogP contribution in [0.1, 0.15) is 0 Å². The smallest absolute Gasteiger partial charge is 0 e. The van der Waals surface area contributed by atoms with Gasteiger partial charge in [0.1, 0.15) is 0 Å². The van der Waals surface area contributed by atoms with Gasteiger partial charge in [-0.3, -0.25) is 0 Å². The van der Waals surface area contributed by atoms with Crippen molar-refractivity contribution in [2.75, 3.05) is 0 Å². The summed E-state index contributed by atoms with van der Waals surface area (Å²) in [4.78, 5) is 0. The third-order valence-corrected chi connectivity index (χ3v) is 0. The van der Waals surface area contributed by atoms with Crippen molar-refractivity contribution >= 4 is 0 Å². The van der Waals surface area contributed by atoms with Crippen LogP contribution >= 0.6 is 0 Å². The maximum Gasteiger partial charge on any atom is 0 e. The van der Waals surface area contributed by atoms with Crippen molar-refractivity contribution in [2.45, 2.75) is 0 Å². The van der Waals surface area contributed by atoms with Gasteiger partial charge in [-0.05, 0) is 0 Å². The molecule has 0 aliphatic rings. The molecule has 0 spiro atoms. The predicted molar refractivity (Wildman–Crippen MR) is 34.8 cm³/mol. The van der Waals surface area contributed by atoms with E-state index in [2.05, 4.69) is 0 Å². The van der Waals surface area contributed by atoms with Gasteiger partial charge in [0.2, 0.25) is 0 Å². The normalized spacial score (nSPS) is 0.933. The molecule has 0 aliphatic carbocycles. The van der Waals surface area contributed by atoms with Crippen LogP contribution in [-0.2, 0) is 17.1 Å². The fraction of sp³-hybridized carbons (Fsp3) is 0. The summed E-state index contributed by atoms with van der Waals surface area (Å²) in [5.41, 5.74) is 0. The van der Waals surface area contributed by atoms with Crippen molar-refractivity contribution in [3.05, 3.63) is 46.0 Å². The van der Waals surface area contributed by atoms with Crippen LogP contribution in [0, 0.1) is 82.8 Å². The molecule has 0 N–H and O–H groups in total. The van der Waals surface area contributed by atoms with E-state index < -0.39 is 0 Å². The Bertz CT molecular complexity index is 112.